The highest BCUT2D eigenvalue weighted by Crippen LogP contribution is 2.19. The van der Waals surface area contributed by atoms with Crippen LogP contribution in [0, 0.1) is 6.92 Å². The van der Waals surface area contributed by atoms with Gasteiger partial charge in [0.05, 0.1) is 13.2 Å². The average molecular weight is 372 g/mol. The molecule has 1 fully saturated rings. The van der Waals surface area contributed by atoms with Crippen LogP contribution >= 0.6 is 28.1 Å². The van der Waals surface area contributed by atoms with Crippen LogP contribution in [-0.4, -0.2) is 49.4 Å². The zero-order chi connectivity index (χ0) is 15.1. The van der Waals surface area contributed by atoms with Gasteiger partial charge < -0.3 is 15.4 Å². The standard InChI is InChI=1S/C15H22BrN3OS/c1-12-11-13(16)3-4-14(12)18-15(21)17-5-2-6-19-7-9-20-10-8-19/h3-4,11H,2,5-10H2,1H3,(H2,17,18,21). The molecule has 116 valence electrons. The smallest absolute Gasteiger partial charge is 0.170 e. The van der Waals surface area contributed by atoms with Gasteiger partial charge in [0.15, 0.2) is 5.11 Å². The van der Waals surface area contributed by atoms with Gasteiger partial charge in [-0.05, 0) is 55.9 Å². The lowest BCUT2D eigenvalue weighted by atomic mass is 10.2. The Morgan fingerprint density at radius 2 is 2.14 bits per heavy atom. The number of ether oxygens (including phenoxy) is 1. The number of morpholine rings is 1. The molecule has 0 atom stereocenters. The van der Waals surface area contributed by atoms with Crippen LogP contribution in [0.1, 0.15) is 12.0 Å². The number of thiocarbonyl (C=S) groups is 1. The van der Waals surface area contributed by atoms with E-state index >= 15 is 0 Å². The Morgan fingerprint density at radius 3 is 2.86 bits per heavy atom. The van der Waals surface area contributed by atoms with Gasteiger partial charge in [0.25, 0.3) is 0 Å². The van der Waals surface area contributed by atoms with Crippen LogP contribution < -0.4 is 10.6 Å². The minimum atomic E-state index is 0.683. The lowest BCUT2D eigenvalue weighted by Crippen LogP contribution is -2.38. The molecule has 1 aliphatic heterocycles. The molecule has 0 aromatic heterocycles. The molecule has 0 spiro atoms. The SMILES string of the molecule is Cc1cc(Br)ccc1NC(=S)NCCCN1CCOCC1. The number of halogens is 1. The zero-order valence-corrected chi connectivity index (χ0v) is 14.7. The Labute approximate surface area is 140 Å². The summed E-state index contributed by atoms with van der Waals surface area (Å²) < 4.78 is 6.42. The highest BCUT2D eigenvalue weighted by Gasteiger charge is 2.09. The number of hydrogen-bond donors (Lipinski definition) is 2. The van der Waals surface area contributed by atoms with Crippen molar-refractivity contribution in [1.82, 2.24) is 10.2 Å². The predicted octanol–water partition coefficient (Wildman–Crippen LogP) is 2.77. The Hall–Kier alpha value is -0.690. The van der Waals surface area contributed by atoms with Crippen LogP contribution in [-0.2, 0) is 4.74 Å². The molecule has 1 aliphatic rings. The fourth-order valence-corrected chi connectivity index (χ4v) is 2.95. The molecule has 1 aromatic rings. The van der Waals surface area contributed by atoms with E-state index in [0.717, 1.165) is 56.0 Å². The minimum absolute atomic E-state index is 0.683. The van der Waals surface area contributed by atoms with Gasteiger partial charge in [-0.25, -0.2) is 0 Å². The molecule has 1 saturated heterocycles. The first-order valence-corrected chi connectivity index (χ1v) is 8.46. The lowest BCUT2D eigenvalue weighted by molar-refractivity contribution is 0.0376. The van der Waals surface area contributed by atoms with Crippen molar-refractivity contribution in [2.45, 2.75) is 13.3 Å². The predicted molar refractivity (Wildman–Crippen MR) is 95.0 cm³/mol. The van der Waals surface area contributed by atoms with E-state index in [1.807, 2.05) is 12.1 Å². The summed E-state index contributed by atoms with van der Waals surface area (Å²) in [5.74, 6) is 0. The maximum Gasteiger partial charge on any atom is 0.170 e. The van der Waals surface area contributed by atoms with Crippen LogP contribution in [0.3, 0.4) is 0 Å². The summed E-state index contributed by atoms with van der Waals surface area (Å²) in [6.45, 7) is 7.84. The topological polar surface area (TPSA) is 36.5 Å². The fourth-order valence-electron chi connectivity index (χ4n) is 2.26. The van der Waals surface area contributed by atoms with Crippen LogP contribution in [0.15, 0.2) is 22.7 Å². The average Bonchev–Trinajstić information content (AvgIpc) is 2.48. The van der Waals surface area contributed by atoms with E-state index in [1.165, 1.54) is 5.56 Å². The minimum Gasteiger partial charge on any atom is -0.379 e. The second kappa shape index (κ2) is 8.68. The molecule has 4 nitrogen and oxygen atoms in total. The van der Waals surface area contributed by atoms with E-state index in [1.54, 1.807) is 0 Å². The molecule has 2 rings (SSSR count). The number of hydrogen-bond acceptors (Lipinski definition) is 3. The quantitative estimate of drug-likeness (QED) is 0.614. The van der Waals surface area contributed by atoms with Gasteiger partial charge in [-0.2, -0.15) is 0 Å². The molecular formula is C15H22BrN3OS. The first-order chi connectivity index (χ1) is 10.1. The second-order valence-corrected chi connectivity index (χ2v) is 6.47. The van der Waals surface area contributed by atoms with E-state index in [9.17, 15) is 0 Å². The third-order valence-electron chi connectivity index (χ3n) is 3.48. The van der Waals surface area contributed by atoms with Crippen LogP contribution in [0.4, 0.5) is 5.69 Å². The lowest BCUT2D eigenvalue weighted by Gasteiger charge is -2.26. The number of rotatable bonds is 5. The van der Waals surface area contributed by atoms with Crippen molar-refractivity contribution in [2.24, 2.45) is 0 Å². The largest absolute Gasteiger partial charge is 0.379 e. The summed E-state index contributed by atoms with van der Waals surface area (Å²) in [6.07, 6.45) is 1.08. The zero-order valence-electron chi connectivity index (χ0n) is 12.3. The van der Waals surface area contributed by atoms with Gasteiger partial charge in [0.1, 0.15) is 0 Å². The van der Waals surface area contributed by atoms with Crippen molar-refractivity contribution in [2.75, 3.05) is 44.7 Å². The highest BCUT2D eigenvalue weighted by molar-refractivity contribution is 9.10. The maximum atomic E-state index is 5.34. The second-order valence-electron chi connectivity index (χ2n) is 5.15. The fraction of sp³-hybridized carbons (Fsp3) is 0.533. The summed E-state index contributed by atoms with van der Waals surface area (Å²) in [6, 6.07) is 6.11. The van der Waals surface area contributed by atoms with Crippen molar-refractivity contribution in [1.29, 1.82) is 0 Å². The van der Waals surface area contributed by atoms with Gasteiger partial charge in [-0.3, -0.25) is 4.90 Å². The third kappa shape index (κ3) is 5.90. The van der Waals surface area contributed by atoms with Crippen molar-refractivity contribution in [3.05, 3.63) is 28.2 Å². The molecule has 0 aliphatic carbocycles. The summed E-state index contributed by atoms with van der Waals surface area (Å²) in [5.41, 5.74) is 2.21. The number of nitrogens with zero attached hydrogens (tertiary/aromatic N) is 1. The summed E-state index contributed by atoms with van der Waals surface area (Å²) in [4.78, 5) is 2.43. The van der Waals surface area contributed by atoms with E-state index in [0.29, 0.717) is 5.11 Å². The van der Waals surface area contributed by atoms with Crippen LogP contribution in [0.2, 0.25) is 0 Å². The van der Waals surface area contributed by atoms with Gasteiger partial charge in [0, 0.05) is 29.8 Å². The van der Waals surface area contributed by atoms with Crippen molar-refractivity contribution >= 4 is 38.9 Å². The molecule has 1 heterocycles. The summed E-state index contributed by atoms with van der Waals surface area (Å²) in [5, 5.41) is 7.19. The normalized spacial score (nSPS) is 15.7. The van der Waals surface area contributed by atoms with Gasteiger partial charge in [-0.15, -0.1) is 0 Å². The van der Waals surface area contributed by atoms with Crippen molar-refractivity contribution in [3.63, 3.8) is 0 Å². The van der Waals surface area contributed by atoms with Gasteiger partial charge in [-0.1, -0.05) is 15.9 Å². The van der Waals surface area contributed by atoms with E-state index < -0.39 is 0 Å². The van der Waals surface area contributed by atoms with Crippen LogP contribution in [0.25, 0.3) is 0 Å². The first-order valence-electron chi connectivity index (χ1n) is 7.26. The molecule has 0 radical (unpaired) electrons. The molecule has 1 aromatic carbocycles. The molecule has 0 bridgehead atoms. The molecule has 0 unspecified atom stereocenters. The first kappa shape index (κ1) is 16.7. The van der Waals surface area contributed by atoms with E-state index in [2.05, 4.69) is 44.5 Å². The number of benzene rings is 1. The molecule has 0 amide bonds. The third-order valence-corrected chi connectivity index (χ3v) is 4.22. The maximum absolute atomic E-state index is 5.34. The molecule has 6 heteroatoms. The van der Waals surface area contributed by atoms with E-state index in [4.69, 9.17) is 17.0 Å². The number of aryl methyl sites for hydroxylation is 1. The highest BCUT2D eigenvalue weighted by atomic mass is 79.9. The molecule has 21 heavy (non-hydrogen) atoms. The monoisotopic (exact) mass is 371 g/mol. The van der Waals surface area contributed by atoms with Gasteiger partial charge >= 0.3 is 0 Å². The number of nitrogens with one attached hydrogen (secondary N) is 2. The Kier molecular flexibility index (Phi) is 6.89. The Balaban J connectivity index is 1.65. The number of anilines is 1. The van der Waals surface area contributed by atoms with Crippen LogP contribution in [0.5, 0.6) is 0 Å². The summed E-state index contributed by atoms with van der Waals surface area (Å²) >= 11 is 8.79. The van der Waals surface area contributed by atoms with Gasteiger partial charge in [0.2, 0.25) is 0 Å². The Bertz CT molecular complexity index is 478. The summed E-state index contributed by atoms with van der Waals surface area (Å²) in [7, 11) is 0. The van der Waals surface area contributed by atoms with Crippen molar-refractivity contribution < 1.29 is 4.74 Å². The van der Waals surface area contributed by atoms with E-state index in [-0.39, 0.29) is 0 Å². The molecule has 2 N–H and O–H groups in total. The van der Waals surface area contributed by atoms with Crippen molar-refractivity contribution in [3.8, 4) is 0 Å². The molecular weight excluding hydrogens is 350 g/mol. The Morgan fingerprint density at radius 1 is 1.38 bits per heavy atom. The molecule has 0 saturated carbocycles.